The Morgan fingerprint density at radius 1 is 0.253 bits per heavy atom. The van der Waals surface area contributed by atoms with Crippen LogP contribution in [0, 0.1) is 0 Å². The zero-order chi connectivity index (χ0) is 59.9. The van der Waals surface area contributed by atoms with E-state index >= 15 is 0 Å². The highest BCUT2D eigenvalue weighted by Crippen LogP contribution is 2.18. The summed E-state index contributed by atoms with van der Waals surface area (Å²) in [6.45, 7) is 6.33. The van der Waals surface area contributed by atoms with Crippen LogP contribution in [0.25, 0.3) is 0 Å². The average molecular weight is 1150 g/mol. The Balaban J connectivity index is 4.16. The van der Waals surface area contributed by atoms with Gasteiger partial charge < -0.3 is 14.2 Å². The van der Waals surface area contributed by atoms with Crippen molar-refractivity contribution in [2.24, 2.45) is 0 Å². The van der Waals surface area contributed by atoms with Gasteiger partial charge >= 0.3 is 17.9 Å². The van der Waals surface area contributed by atoms with Crippen LogP contribution in [0.2, 0.25) is 0 Å². The van der Waals surface area contributed by atoms with Gasteiger partial charge in [0.1, 0.15) is 13.2 Å². The molecular weight excluding hydrogens is 1020 g/mol. The third kappa shape index (κ3) is 68.7. The molecule has 0 saturated heterocycles. The summed E-state index contributed by atoms with van der Waals surface area (Å²) in [6.07, 6.45) is 97.5. The maximum absolute atomic E-state index is 12.9. The third-order valence-corrected chi connectivity index (χ3v) is 15.3. The molecule has 0 amide bonds. The van der Waals surface area contributed by atoms with Gasteiger partial charge in [0, 0.05) is 19.3 Å². The topological polar surface area (TPSA) is 78.9 Å². The maximum Gasteiger partial charge on any atom is 0.306 e. The van der Waals surface area contributed by atoms with Crippen molar-refractivity contribution in [1.82, 2.24) is 0 Å². The van der Waals surface area contributed by atoms with Crippen LogP contribution in [0.4, 0.5) is 0 Å². The first-order valence-electron chi connectivity index (χ1n) is 35.4. The Labute approximate surface area is 514 Å². The molecule has 0 heterocycles. The predicted molar refractivity (Wildman–Crippen MR) is 362 cm³/mol. The van der Waals surface area contributed by atoms with Crippen molar-refractivity contribution in [3.05, 3.63) is 109 Å². The second-order valence-electron chi connectivity index (χ2n) is 23.4. The van der Waals surface area contributed by atoms with Crippen LogP contribution in [0.3, 0.4) is 0 Å². The minimum absolute atomic E-state index is 0.122. The zero-order valence-electron chi connectivity index (χ0n) is 54.7. The van der Waals surface area contributed by atoms with Crippen LogP contribution in [-0.4, -0.2) is 37.2 Å². The normalized spacial score (nSPS) is 12.8. The number of esters is 3. The van der Waals surface area contributed by atoms with Crippen LogP contribution in [0.15, 0.2) is 109 Å². The number of ether oxygens (including phenoxy) is 3. The number of hydrogen-bond donors (Lipinski definition) is 0. The fourth-order valence-electron chi connectivity index (χ4n) is 10.1. The monoisotopic (exact) mass is 1150 g/mol. The standard InChI is InChI=1S/C77H132O6/c1-4-7-10-13-16-19-22-25-27-29-30-31-32-33-34-35-36-37-38-39-40-41-42-43-44-45-46-48-49-52-55-58-61-64-67-70-76(79)82-73-74(72-81-75(78)69-66-63-60-57-54-51-24-21-18-15-12-9-6-3)83-77(80)71-68-65-62-59-56-53-50-47-28-26-23-20-17-14-11-8-5-2/h8-9,11-12,17-18,20-21,26,28,50-51,53-54,59-60,62-63,74H,4-7,10,13-16,19,22-25,27,29-49,52,55-58,61,64-73H2,1-3H3/b11-8-,12-9-,20-17-,21-18-,28-26-,53-50-,54-51-,62-59-,63-60-. The lowest BCUT2D eigenvalue weighted by atomic mass is 10.0. The van der Waals surface area contributed by atoms with E-state index < -0.39 is 6.10 Å². The summed E-state index contributed by atoms with van der Waals surface area (Å²) < 4.78 is 16.8. The van der Waals surface area contributed by atoms with Crippen LogP contribution >= 0.6 is 0 Å². The van der Waals surface area contributed by atoms with E-state index in [9.17, 15) is 14.4 Å². The van der Waals surface area contributed by atoms with Gasteiger partial charge in [-0.15, -0.1) is 0 Å². The van der Waals surface area contributed by atoms with Gasteiger partial charge in [0.15, 0.2) is 6.10 Å². The van der Waals surface area contributed by atoms with Gasteiger partial charge in [0.25, 0.3) is 0 Å². The molecule has 0 aromatic carbocycles. The van der Waals surface area contributed by atoms with Gasteiger partial charge in [0.2, 0.25) is 0 Å². The SMILES string of the molecule is CC/C=C\C/C=C\C/C=C\C/C=C\C/C=C\CCCC(=O)OC(COC(=O)CC/C=C\C/C=C\C/C=C\C/C=C\CC)COC(=O)CCCCCCCCCCCCCCCCCCCCCCCCCCCCCCCCCCCCC. The Kier molecular flexibility index (Phi) is 67.2. The van der Waals surface area contributed by atoms with Crippen molar-refractivity contribution in [2.45, 2.75) is 348 Å². The van der Waals surface area contributed by atoms with Crippen LogP contribution < -0.4 is 0 Å². The van der Waals surface area contributed by atoms with Crippen molar-refractivity contribution in [2.75, 3.05) is 13.2 Å². The van der Waals surface area contributed by atoms with Gasteiger partial charge in [-0.25, -0.2) is 0 Å². The zero-order valence-corrected chi connectivity index (χ0v) is 54.7. The van der Waals surface area contributed by atoms with Gasteiger partial charge in [0.05, 0.1) is 0 Å². The van der Waals surface area contributed by atoms with Crippen molar-refractivity contribution in [1.29, 1.82) is 0 Å². The molecule has 0 saturated carbocycles. The average Bonchev–Trinajstić information content (AvgIpc) is 3.49. The largest absolute Gasteiger partial charge is 0.462 e. The number of rotatable bonds is 64. The quantitative estimate of drug-likeness (QED) is 0.0261. The highest BCUT2D eigenvalue weighted by Gasteiger charge is 2.19. The number of unbranched alkanes of at least 4 members (excludes halogenated alkanes) is 35. The van der Waals surface area contributed by atoms with E-state index in [4.69, 9.17) is 14.2 Å². The molecule has 1 unspecified atom stereocenters. The molecule has 1 atom stereocenters. The van der Waals surface area contributed by atoms with Crippen LogP contribution in [0.5, 0.6) is 0 Å². The minimum atomic E-state index is -0.838. The molecule has 0 N–H and O–H groups in total. The van der Waals surface area contributed by atoms with E-state index in [0.717, 1.165) is 83.5 Å². The Hall–Kier alpha value is -3.93. The fourth-order valence-corrected chi connectivity index (χ4v) is 10.1. The molecule has 0 spiro atoms. The molecular formula is C77H132O6. The number of carbonyl (C=O) groups is 3. The Morgan fingerprint density at radius 3 is 0.795 bits per heavy atom. The Morgan fingerprint density at radius 2 is 0.494 bits per heavy atom. The lowest BCUT2D eigenvalue weighted by Gasteiger charge is -2.18. The Bertz CT molecular complexity index is 1660. The van der Waals surface area contributed by atoms with E-state index in [0.29, 0.717) is 19.3 Å². The van der Waals surface area contributed by atoms with Gasteiger partial charge in [-0.1, -0.05) is 348 Å². The molecule has 0 radical (unpaired) electrons. The minimum Gasteiger partial charge on any atom is -0.462 e. The van der Waals surface area contributed by atoms with Gasteiger partial charge in [-0.05, 0) is 83.5 Å². The molecule has 83 heavy (non-hydrogen) atoms. The second kappa shape index (κ2) is 70.6. The van der Waals surface area contributed by atoms with Crippen molar-refractivity contribution < 1.29 is 28.6 Å². The lowest BCUT2D eigenvalue weighted by molar-refractivity contribution is -0.166. The summed E-state index contributed by atoms with van der Waals surface area (Å²) in [5.41, 5.74) is 0. The molecule has 6 heteroatoms. The summed E-state index contributed by atoms with van der Waals surface area (Å²) in [5.74, 6) is -1.06. The first-order chi connectivity index (χ1) is 41.0. The van der Waals surface area contributed by atoms with Gasteiger partial charge in [-0.2, -0.15) is 0 Å². The molecule has 476 valence electrons. The van der Waals surface area contributed by atoms with E-state index in [-0.39, 0.29) is 44.0 Å². The fraction of sp³-hybridized carbons (Fsp3) is 0.727. The van der Waals surface area contributed by atoms with Gasteiger partial charge in [-0.3, -0.25) is 14.4 Å². The molecule has 0 rings (SSSR count). The van der Waals surface area contributed by atoms with E-state index in [2.05, 4.69) is 118 Å². The van der Waals surface area contributed by atoms with Crippen molar-refractivity contribution >= 4 is 17.9 Å². The lowest BCUT2D eigenvalue weighted by Crippen LogP contribution is -2.30. The second-order valence-corrected chi connectivity index (χ2v) is 23.4. The summed E-state index contributed by atoms with van der Waals surface area (Å²) in [4.78, 5) is 38.2. The van der Waals surface area contributed by atoms with E-state index in [1.165, 1.54) is 205 Å². The highest BCUT2D eigenvalue weighted by atomic mass is 16.6. The third-order valence-electron chi connectivity index (χ3n) is 15.3. The first kappa shape index (κ1) is 79.1. The van der Waals surface area contributed by atoms with Crippen molar-refractivity contribution in [3.8, 4) is 0 Å². The number of hydrogen-bond acceptors (Lipinski definition) is 6. The predicted octanol–water partition coefficient (Wildman–Crippen LogP) is 24.6. The molecule has 0 fully saturated rings. The molecule has 0 aliphatic rings. The molecule has 6 nitrogen and oxygen atoms in total. The first-order valence-corrected chi connectivity index (χ1v) is 35.4. The molecule has 0 aromatic heterocycles. The molecule has 0 bridgehead atoms. The highest BCUT2D eigenvalue weighted by molar-refractivity contribution is 5.71. The summed E-state index contributed by atoms with van der Waals surface area (Å²) in [6, 6.07) is 0. The van der Waals surface area contributed by atoms with E-state index in [1.807, 2.05) is 12.2 Å². The molecule has 0 aliphatic carbocycles. The smallest absolute Gasteiger partial charge is 0.306 e. The number of allylic oxidation sites excluding steroid dienone is 18. The summed E-state index contributed by atoms with van der Waals surface area (Å²) >= 11 is 0. The summed E-state index contributed by atoms with van der Waals surface area (Å²) in [5, 5.41) is 0. The van der Waals surface area contributed by atoms with Crippen LogP contribution in [0.1, 0.15) is 342 Å². The number of carbonyl (C=O) groups excluding carboxylic acids is 3. The summed E-state index contributed by atoms with van der Waals surface area (Å²) in [7, 11) is 0. The molecule has 0 aliphatic heterocycles. The van der Waals surface area contributed by atoms with Crippen LogP contribution in [-0.2, 0) is 28.6 Å². The molecule has 0 aromatic rings. The maximum atomic E-state index is 12.9. The van der Waals surface area contributed by atoms with Crippen molar-refractivity contribution in [3.63, 3.8) is 0 Å². The van der Waals surface area contributed by atoms with E-state index in [1.54, 1.807) is 0 Å².